The van der Waals surface area contributed by atoms with Crippen molar-refractivity contribution in [1.29, 1.82) is 0 Å². The monoisotopic (exact) mass is 316 g/mol. The highest BCUT2D eigenvalue weighted by molar-refractivity contribution is 7.86. The Hall–Kier alpha value is -1.47. The molecule has 0 radical (unpaired) electrons. The fourth-order valence-electron chi connectivity index (χ4n) is 1.78. The molecule has 1 rings (SSSR count). The van der Waals surface area contributed by atoms with Crippen molar-refractivity contribution in [2.75, 3.05) is 11.9 Å². The number of halogens is 1. The summed E-state index contributed by atoms with van der Waals surface area (Å²) in [6.45, 7) is 8.02. The largest absolute Gasteiger partial charge is 0.332 e. The zero-order valence-electron chi connectivity index (χ0n) is 12.7. The van der Waals surface area contributed by atoms with Gasteiger partial charge >= 0.3 is 10.2 Å². The van der Waals surface area contributed by atoms with E-state index in [0.29, 0.717) is 18.7 Å². The molecule has 0 saturated heterocycles. The number of hydrogen-bond donors (Lipinski definition) is 2. The predicted octanol–water partition coefficient (Wildman–Crippen LogP) is 2.37. The van der Waals surface area contributed by atoms with Crippen LogP contribution in [0.2, 0.25) is 0 Å². The highest BCUT2D eigenvalue weighted by Crippen LogP contribution is 2.21. The van der Waals surface area contributed by atoms with Crippen LogP contribution in [0.3, 0.4) is 0 Å². The van der Waals surface area contributed by atoms with Crippen molar-refractivity contribution in [3.63, 3.8) is 0 Å². The molecule has 2 N–H and O–H groups in total. The Morgan fingerprint density at radius 2 is 1.90 bits per heavy atom. The molecule has 1 aromatic rings. The Labute approximate surface area is 125 Å². The predicted molar refractivity (Wildman–Crippen MR) is 80.5 cm³/mol. The minimum Gasteiger partial charge on any atom is -0.326 e. The quantitative estimate of drug-likeness (QED) is 0.818. The summed E-state index contributed by atoms with van der Waals surface area (Å²) < 4.78 is 34.7. The summed E-state index contributed by atoms with van der Waals surface area (Å²) in [7, 11) is -4.73. The lowest BCUT2D eigenvalue weighted by atomic mass is 10.1. The summed E-state index contributed by atoms with van der Waals surface area (Å²) in [6, 6.07) is 3.95. The lowest BCUT2D eigenvalue weighted by Crippen LogP contribution is -2.37. The highest BCUT2D eigenvalue weighted by Gasteiger charge is 2.15. The normalized spacial score (nSPS) is 12.2. The van der Waals surface area contributed by atoms with E-state index in [-0.39, 0.29) is 21.9 Å². The van der Waals surface area contributed by atoms with Crippen molar-refractivity contribution in [2.45, 2.75) is 44.6 Å². The topological polar surface area (TPSA) is 75.3 Å². The standard InChI is InChI=1S/C14H21FN2O3S/c1-10-9-11(5-6-12(10)21(15,19)20)17-13(18)7-8-16-14(2,3)4/h5-6,9,16H,7-8H2,1-4H3,(H,17,18). The van der Waals surface area contributed by atoms with E-state index < -0.39 is 10.2 Å². The van der Waals surface area contributed by atoms with Gasteiger partial charge in [-0.1, -0.05) is 0 Å². The van der Waals surface area contributed by atoms with Crippen molar-refractivity contribution in [2.24, 2.45) is 0 Å². The zero-order chi connectivity index (χ0) is 16.3. The van der Waals surface area contributed by atoms with Crippen LogP contribution in [0.25, 0.3) is 0 Å². The molecule has 21 heavy (non-hydrogen) atoms. The van der Waals surface area contributed by atoms with E-state index >= 15 is 0 Å². The van der Waals surface area contributed by atoms with Crippen LogP contribution in [-0.4, -0.2) is 26.4 Å². The molecule has 5 nitrogen and oxygen atoms in total. The smallest absolute Gasteiger partial charge is 0.326 e. The first-order chi connectivity index (χ1) is 9.49. The summed E-state index contributed by atoms with van der Waals surface area (Å²) in [5, 5.41) is 5.84. The van der Waals surface area contributed by atoms with Gasteiger partial charge in [0.05, 0.1) is 0 Å². The molecule has 0 fully saturated rings. The Kier molecular flexibility index (Phi) is 5.47. The Balaban J connectivity index is 2.64. The molecular weight excluding hydrogens is 295 g/mol. The highest BCUT2D eigenvalue weighted by atomic mass is 32.3. The van der Waals surface area contributed by atoms with Crippen LogP contribution in [0.1, 0.15) is 32.8 Å². The van der Waals surface area contributed by atoms with Gasteiger partial charge in [-0.05, 0) is 51.5 Å². The fourth-order valence-corrected chi connectivity index (χ4v) is 2.45. The minimum atomic E-state index is -4.73. The van der Waals surface area contributed by atoms with Gasteiger partial charge in [0.1, 0.15) is 4.90 Å². The number of aryl methyl sites for hydroxylation is 1. The molecule has 7 heteroatoms. The van der Waals surface area contributed by atoms with Gasteiger partial charge in [0, 0.05) is 24.2 Å². The maximum absolute atomic E-state index is 12.9. The summed E-state index contributed by atoms with van der Waals surface area (Å²) in [4.78, 5) is 11.4. The summed E-state index contributed by atoms with van der Waals surface area (Å²) in [5.41, 5.74) is 0.636. The van der Waals surface area contributed by atoms with Crippen LogP contribution >= 0.6 is 0 Å². The van der Waals surface area contributed by atoms with E-state index in [9.17, 15) is 17.1 Å². The molecule has 0 unspecified atom stereocenters. The second-order valence-corrected chi connectivity index (χ2v) is 7.21. The third kappa shape index (κ3) is 6.22. The molecule has 0 atom stereocenters. The Bertz CT molecular complexity index is 622. The van der Waals surface area contributed by atoms with Crippen LogP contribution in [0.15, 0.2) is 23.1 Å². The number of rotatable bonds is 5. The van der Waals surface area contributed by atoms with Gasteiger partial charge in [-0.3, -0.25) is 4.79 Å². The zero-order valence-corrected chi connectivity index (χ0v) is 13.5. The third-order valence-electron chi connectivity index (χ3n) is 2.73. The van der Waals surface area contributed by atoms with Crippen LogP contribution in [0.5, 0.6) is 0 Å². The molecule has 0 saturated carbocycles. The molecule has 0 spiro atoms. The summed E-state index contributed by atoms with van der Waals surface area (Å²) in [6.07, 6.45) is 0.291. The van der Waals surface area contributed by atoms with E-state index in [4.69, 9.17) is 0 Å². The molecule has 0 aliphatic heterocycles. The van der Waals surface area contributed by atoms with E-state index in [1.54, 1.807) is 0 Å². The molecule has 0 heterocycles. The Morgan fingerprint density at radius 3 is 2.38 bits per heavy atom. The van der Waals surface area contributed by atoms with Gasteiger partial charge in [-0.2, -0.15) is 8.42 Å². The van der Waals surface area contributed by atoms with Gasteiger partial charge < -0.3 is 10.6 Å². The maximum Gasteiger partial charge on any atom is 0.332 e. The van der Waals surface area contributed by atoms with Crippen LogP contribution in [-0.2, 0) is 15.0 Å². The molecule has 1 amide bonds. The number of nitrogens with one attached hydrogen (secondary N) is 2. The number of carbonyl (C=O) groups excluding carboxylic acids is 1. The van der Waals surface area contributed by atoms with Crippen molar-refractivity contribution in [3.8, 4) is 0 Å². The van der Waals surface area contributed by atoms with Gasteiger partial charge in [0.2, 0.25) is 5.91 Å². The molecule has 0 aromatic heterocycles. The molecule has 0 bridgehead atoms. The second-order valence-electron chi connectivity index (χ2n) is 5.89. The number of carbonyl (C=O) groups is 1. The SMILES string of the molecule is Cc1cc(NC(=O)CCNC(C)(C)C)ccc1S(=O)(=O)F. The van der Waals surface area contributed by atoms with E-state index in [1.807, 2.05) is 20.8 Å². The minimum absolute atomic E-state index is 0.0615. The van der Waals surface area contributed by atoms with Crippen molar-refractivity contribution >= 4 is 21.8 Å². The van der Waals surface area contributed by atoms with Crippen LogP contribution in [0.4, 0.5) is 9.57 Å². The van der Waals surface area contributed by atoms with Crippen molar-refractivity contribution in [3.05, 3.63) is 23.8 Å². The number of anilines is 1. The number of amides is 1. The first-order valence-electron chi connectivity index (χ1n) is 6.59. The fraction of sp³-hybridized carbons (Fsp3) is 0.500. The lowest BCUT2D eigenvalue weighted by molar-refractivity contribution is -0.116. The van der Waals surface area contributed by atoms with Crippen LogP contribution in [0, 0.1) is 6.92 Å². The molecule has 0 aliphatic rings. The number of benzene rings is 1. The average molecular weight is 316 g/mol. The van der Waals surface area contributed by atoms with E-state index in [2.05, 4.69) is 10.6 Å². The van der Waals surface area contributed by atoms with Crippen molar-refractivity contribution < 1.29 is 17.1 Å². The van der Waals surface area contributed by atoms with Gasteiger partial charge in [-0.15, -0.1) is 3.89 Å². The van der Waals surface area contributed by atoms with E-state index in [0.717, 1.165) is 6.07 Å². The summed E-state index contributed by atoms with van der Waals surface area (Å²) >= 11 is 0. The second kappa shape index (κ2) is 6.53. The summed E-state index contributed by atoms with van der Waals surface area (Å²) in [5.74, 6) is -0.193. The maximum atomic E-state index is 12.9. The molecule has 1 aromatic carbocycles. The van der Waals surface area contributed by atoms with Crippen molar-refractivity contribution in [1.82, 2.24) is 5.32 Å². The Morgan fingerprint density at radius 1 is 1.29 bits per heavy atom. The molecule has 118 valence electrons. The average Bonchev–Trinajstić information content (AvgIpc) is 2.24. The van der Waals surface area contributed by atoms with Crippen LogP contribution < -0.4 is 10.6 Å². The molecular formula is C14H21FN2O3S. The third-order valence-corrected chi connectivity index (χ3v) is 3.71. The van der Waals surface area contributed by atoms with Gasteiger partial charge in [-0.25, -0.2) is 0 Å². The number of hydrogen-bond acceptors (Lipinski definition) is 4. The van der Waals surface area contributed by atoms with Gasteiger partial charge in [0.25, 0.3) is 0 Å². The van der Waals surface area contributed by atoms with Gasteiger partial charge in [0.15, 0.2) is 0 Å². The van der Waals surface area contributed by atoms with E-state index in [1.165, 1.54) is 19.1 Å². The lowest BCUT2D eigenvalue weighted by Gasteiger charge is -2.20. The molecule has 0 aliphatic carbocycles. The first-order valence-corrected chi connectivity index (χ1v) is 7.97. The first kappa shape index (κ1) is 17.6.